The summed E-state index contributed by atoms with van der Waals surface area (Å²) in [5.41, 5.74) is 4.09. The second-order valence-electron chi connectivity index (χ2n) is 7.53. The van der Waals surface area contributed by atoms with Crippen molar-refractivity contribution in [3.63, 3.8) is 0 Å². The van der Waals surface area contributed by atoms with Gasteiger partial charge in [-0.1, -0.05) is 54.6 Å². The zero-order valence-corrected chi connectivity index (χ0v) is 16.1. The summed E-state index contributed by atoms with van der Waals surface area (Å²) in [6.07, 6.45) is 1.26. The van der Waals surface area contributed by atoms with Crippen LogP contribution in [0.4, 0.5) is 0 Å². The number of hydrogen-bond donors (Lipinski definition) is 0. The first-order valence-electron chi connectivity index (χ1n) is 10.1. The van der Waals surface area contributed by atoms with Crippen molar-refractivity contribution in [3.05, 3.63) is 71.3 Å². The van der Waals surface area contributed by atoms with Gasteiger partial charge in [0.05, 0.1) is 25.9 Å². The monoisotopic (exact) mass is 366 g/mol. The number of benzene rings is 2. The Labute approximate surface area is 162 Å². The first-order valence-corrected chi connectivity index (χ1v) is 10.1. The van der Waals surface area contributed by atoms with Crippen molar-refractivity contribution in [2.75, 3.05) is 52.5 Å². The molecule has 0 radical (unpaired) electrons. The van der Waals surface area contributed by atoms with Crippen molar-refractivity contribution >= 4 is 0 Å². The van der Waals surface area contributed by atoms with Crippen molar-refractivity contribution in [2.45, 2.75) is 19.1 Å². The molecule has 2 heterocycles. The Bertz CT molecular complexity index is 701. The van der Waals surface area contributed by atoms with Crippen LogP contribution in [0, 0.1) is 0 Å². The number of nitrogens with zero attached hydrogens (tertiary/aromatic N) is 2. The molecule has 1 atom stereocenters. The first kappa shape index (κ1) is 18.6. The lowest BCUT2D eigenvalue weighted by molar-refractivity contribution is -0.0329. The third kappa shape index (κ3) is 5.39. The molecule has 144 valence electrons. The molecule has 0 saturated carbocycles. The molecule has 2 aliphatic rings. The van der Waals surface area contributed by atoms with Crippen LogP contribution in [-0.4, -0.2) is 62.3 Å². The van der Waals surface area contributed by atoms with Gasteiger partial charge in [-0.05, 0) is 23.1 Å². The highest BCUT2D eigenvalue weighted by Gasteiger charge is 2.22. The molecule has 4 rings (SSSR count). The topological polar surface area (TPSA) is 24.9 Å². The van der Waals surface area contributed by atoms with Crippen LogP contribution in [0.25, 0.3) is 0 Å². The van der Waals surface area contributed by atoms with Gasteiger partial charge in [0.2, 0.25) is 0 Å². The Balaban J connectivity index is 1.34. The van der Waals surface area contributed by atoms with Gasteiger partial charge < -0.3 is 9.47 Å². The molecular weight excluding hydrogens is 336 g/mol. The van der Waals surface area contributed by atoms with E-state index in [0.29, 0.717) is 0 Å². The first-order chi connectivity index (χ1) is 13.4. The lowest BCUT2D eigenvalue weighted by atomic mass is 10.0. The average Bonchev–Trinajstić information content (AvgIpc) is 2.74. The van der Waals surface area contributed by atoms with Crippen molar-refractivity contribution < 1.29 is 9.47 Å². The van der Waals surface area contributed by atoms with E-state index in [-0.39, 0.29) is 6.10 Å². The summed E-state index contributed by atoms with van der Waals surface area (Å²) in [4.78, 5) is 5.00. The molecule has 0 amide bonds. The summed E-state index contributed by atoms with van der Waals surface area (Å²) in [5.74, 6) is 0. The van der Waals surface area contributed by atoms with Gasteiger partial charge in [0, 0.05) is 39.3 Å². The molecule has 2 aromatic carbocycles. The van der Waals surface area contributed by atoms with Crippen LogP contribution in [0.3, 0.4) is 0 Å². The van der Waals surface area contributed by atoms with E-state index in [4.69, 9.17) is 9.47 Å². The summed E-state index contributed by atoms with van der Waals surface area (Å²) in [5, 5.41) is 0. The number of rotatable bonds is 6. The normalized spacial score (nSPS) is 22.0. The standard InChI is InChI=1S/C23H30N2O2/c1-2-5-21(6-3-1)18-25-13-16-27-23(19-25)22-8-4-7-20(17-22)9-10-24-11-14-26-15-12-24/h1-8,17,23H,9-16,18-19H2. The molecule has 0 N–H and O–H groups in total. The Kier molecular flexibility index (Phi) is 6.53. The third-order valence-electron chi connectivity index (χ3n) is 5.54. The van der Waals surface area contributed by atoms with Gasteiger partial charge in [-0.15, -0.1) is 0 Å². The molecule has 0 aliphatic carbocycles. The second-order valence-corrected chi connectivity index (χ2v) is 7.53. The molecule has 27 heavy (non-hydrogen) atoms. The van der Waals surface area contributed by atoms with Gasteiger partial charge in [0.1, 0.15) is 0 Å². The molecule has 0 spiro atoms. The van der Waals surface area contributed by atoms with Crippen LogP contribution in [0.15, 0.2) is 54.6 Å². The zero-order chi connectivity index (χ0) is 18.3. The van der Waals surface area contributed by atoms with E-state index in [1.54, 1.807) is 0 Å². The predicted octanol–water partition coefficient (Wildman–Crippen LogP) is 3.13. The third-order valence-corrected chi connectivity index (χ3v) is 5.54. The molecule has 4 nitrogen and oxygen atoms in total. The van der Waals surface area contributed by atoms with Gasteiger partial charge in [-0.25, -0.2) is 0 Å². The van der Waals surface area contributed by atoms with Crippen LogP contribution in [-0.2, 0) is 22.4 Å². The lowest BCUT2D eigenvalue weighted by Gasteiger charge is -2.33. The highest BCUT2D eigenvalue weighted by atomic mass is 16.5. The van der Waals surface area contributed by atoms with Gasteiger partial charge >= 0.3 is 0 Å². The quantitative estimate of drug-likeness (QED) is 0.784. The SMILES string of the molecule is c1ccc(CN2CCOC(c3cccc(CCN4CCOCC4)c3)C2)cc1. The van der Waals surface area contributed by atoms with Gasteiger partial charge in [-0.3, -0.25) is 9.80 Å². The maximum atomic E-state index is 6.11. The summed E-state index contributed by atoms with van der Waals surface area (Å²) in [6.45, 7) is 8.72. The van der Waals surface area contributed by atoms with Crippen molar-refractivity contribution in [3.8, 4) is 0 Å². The van der Waals surface area contributed by atoms with Crippen LogP contribution in [0.5, 0.6) is 0 Å². The highest BCUT2D eigenvalue weighted by molar-refractivity contribution is 5.26. The number of hydrogen-bond acceptors (Lipinski definition) is 4. The molecule has 2 fully saturated rings. The Morgan fingerprint density at radius 3 is 2.44 bits per heavy atom. The summed E-state index contributed by atoms with van der Waals surface area (Å²) >= 11 is 0. The zero-order valence-electron chi connectivity index (χ0n) is 16.1. The van der Waals surface area contributed by atoms with E-state index in [1.807, 2.05) is 0 Å². The fourth-order valence-corrected chi connectivity index (χ4v) is 3.95. The molecule has 2 aliphatic heterocycles. The smallest absolute Gasteiger partial charge is 0.0952 e. The van der Waals surface area contributed by atoms with Crippen LogP contribution in [0.2, 0.25) is 0 Å². The maximum Gasteiger partial charge on any atom is 0.0952 e. The van der Waals surface area contributed by atoms with E-state index in [1.165, 1.54) is 16.7 Å². The lowest BCUT2D eigenvalue weighted by Crippen LogP contribution is -2.38. The minimum Gasteiger partial charge on any atom is -0.379 e. The Morgan fingerprint density at radius 2 is 1.59 bits per heavy atom. The average molecular weight is 367 g/mol. The van der Waals surface area contributed by atoms with Crippen molar-refractivity contribution in [1.82, 2.24) is 9.80 Å². The van der Waals surface area contributed by atoms with Gasteiger partial charge in [-0.2, -0.15) is 0 Å². The molecule has 1 unspecified atom stereocenters. The van der Waals surface area contributed by atoms with E-state index in [2.05, 4.69) is 64.4 Å². The van der Waals surface area contributed by atoms with Gasteiger partial charge in [0.15, 0.2) is 0 Å². The molecule has 4 heteroatoms. The van der Waals surface area contributed by atoms with E-state index in [9.17, 15) is 0 Å². The van der Waals surface area contributed by atoms with Crippen LogP contribution < -0.4 is 0 Å². The van der Waals surface area contributed by atoms with Crippen molar-refractivity contribution in [1.29, 1.82) is 0 Å². The highest BCUT2D eigenvalue weighted by Crippen LogP contribution is 2.24. The second kappa shape index (κ2) is 9.47. The number of morpholine rings is 2. The predicted molar refractivity (Wildman–Crippen MR) is 108 cm³/mol. The van der Waals surface area contributed by atoms with Crippen LogP contribution >= 0.6 is 0 Å². The molecule has 0 bridgehead atoms. The maximum absolute atomic E-state index is 6.11. The van der Waals surface area contributed by atoms with Gasteiger partial charge in [0.25, 0.3) is 0 Å². The van der Waals surface area contributed by atoms with Crippen molar-refractivity contribution in [2.24, 2.45) is 0 Å². The minimum absolute atomic E-state index is 0.172. The fourth-order valence-electron chi connectivity index (χ4n) is 3.95. The van der Waals surface area contributed by atoms with E-state index < -0.39 is 0 Å². The molecule has 2 aromatic rings. The summed E-state index contributed by atoms with van der Waals surface area (Å²) in [6, 6.07) is 19.7. The fraction of sp³-hybridized carbons (Fsp3) is 0.478. The van der Waals surface area contributed by atoms with E-state index in [0.717, 1.165) is 65.5 Å². The molecule has 2 saturated heterocycles. The Morgan fingerprint density at radius 1 is 0.815 bits per heavy atom. The molecule has 0 aromatic heterocycles. The summed E-state index contributed by atoms with van der Waals surface area (Å²) < 4.78 is 11.6. The number of ether oxygens (including phenoxy) is 2. The minimum atomic E-state index is 0.172. The Hall–Kier alpha value is -1.72. The van der Waals surface area contributed by atoms with E-state index >= 15 is 0 Å². The summed E-state index contributed by atoms with van der Waals surface area (Å²) in [7, 11) is 0. The molecular formula is C23H30N2O2. The largest absolute Gasteiger partial charge is 0.379 e. The van der Waals surface area contributed by atoms with Crippen LogP contribution in [0.1, 0.15) is 22.8 Å².